The van der Waals surface area contributed by atoms with Crippen molar-refractivity contribution in [3.8, 4) is 0 Å². The fraction of sp³-hybridized carbons (Fsp3) is 0.455. The topological polar surface area (TPSA) is 104 Å². The molecule has 0 saturated carbocycles. The summed E-state index contributed by atoms with van der Waals surface area (Å²) in [4.78, 5) is 32.8. The van der Waals surface area contributed by atoms with Crippen LogP contribution in [0.2, 0.25) is 0 Å². The molecule has 2 aromatic heterocycles. The molecular formula is C22H27FN8OS. The van der Waals surface area contributed by atoms with E-state index in [-0.39, 0.29) is 18.0 Å². The third-order valence-corrected chi connectivity index (χ3v) is 7.05. The van der Waals surface area contributed by atoms with E-state index in [4.69, 9.17) is 5.73 Å². The van der Waals surface area contributed by atoms with Crippen molar-refractivity contribution in [1.82, 2.24) is 19.9 Å². The fourth-order valence-electron chi connectivity index (χ4n) is 4.55. The summed E-state index contributed by atoms with van der Waals surface area (Å²) in [6.07, 6.45) is -0.201. The molecule has 1 aromatic carbocycles. The predicted octanol–water partition coefficient (Wildman–Crippen LogP) is 3.27. The molecule has 2 aliphatic rings. The highest BCUT2D eigenvalue weighted by molar-refractivity contribution is 7.16. The Bertz CT molecular complexity index is 1190. The van der Waals surface area contributed by atoms with Gasteiger partial charge in [-0.3, -0.25) is 0 Å². The molecule has 0 bridgehead atoms. The molecule has 174 valence electrons. The molecule has 3 aromatic rings. The van der Waals surface area contributed by atoms with Crippen molar-refractivity contribution in [3.63, 3.8) is 0 Å². The van der Waals surface area contributed by atoms with E-state index < -0.39 is 6.17 Å². The van der Waals surface area contributed by atoms with Crippen LogP contribution in [-0.4, -0.2) is 70.8 Å². The number of halogens is 1. The molecule has 2 unspecified atom stereocenters. The Hall–Kier alpha value is -3.21. The zero-order valence-electron chi connectivity index (χ0n) is 18.7. The zero-order valence-corrected chi connectivity index (χ0v) is 19.5. The quantitative estimate of drug-likeness (QED) is 0.605. The summed E-state index contributed by atoms with van der Waals surface area (Å²) in [5.41, 5.74) is 11.1. The number of nitrogen functional groups attached to an aromatic ring is 1. The zero-order chi connectivity index (χ0) is 23.1. The number of carbonyl (C=O) groups is 1. The third kappa shape index (κ3) is 4.24. The number of thiazole rings is 1. The van der Waals surface area contributed by atoms with Crippen LogP contribution in [0.25, 0.3) is 10.3 Å². The van der Waals surface area contributed by atoms with Crippen molar-refractivity contribution in [3.05, 3.63) is 29.3 Å². The number of aromatic nitrogens is 3. The lowest BCUT2D eigenvalue weighted by Crippen LogP contribution is -2.55. The van der Waals surface area contributed by atoms with Crippen LogP contribution in [0.5, 0.6) is 0 Å². The number of rotatable bonds is 3. The number of aryl methyl sites for hydroxylation is 1. The number of benzene rings is 1. The molecule has 0 aliphatic carbocycles. The van der Waals surface area contributed by atoms with E-state index in [1.807, 2.05) is 34.9 Å². The van der Waals surface area contributed by atoms with Gasteiger partial charge >= 0.3 is 6.03 Å². The summed E-state index contributed by atoms with van der Waals surface area (Å²) in [7, 11) is 0. The van der Waals surface area contributed by atoms with Crippen molar-refractivity contribution in [1.29, 1.82) is 0 Å². The summed E-state index contributed by atoms with van der Waals surface area (Å²) < 4.78 is 13.5. The summed E-state index contributed by atoms with van der Waals surface area (Å²) in [5, 5.41) is 3.04. The van der Waals surface area contributed by atoms with E-state index in [2.05, 4.69) is 32.1 Å². The largest absolute Gasteiger partial charge is 0.368 e. The highest BCUT2D eigenvalue weighted by atomic mass is 32.1. The van der Waals surface area contributed by atoms with Gasteiger partial charge in [0.15, 0.2) is 10.6 Å². The summed E-state index contributed by atoms with van der Waals surface area (Å²) >= 11 is 1.43. The minimum Gasteiger partial charge on any atom is -0.368 e. The maximum absolute atomic E-state index is 13.5. The van der Waals surface area contributed by atoms with Crippen LogP contribution in [0.15, 0.2) is 23.7 Å². The number of nitrogens with zero attached hydrogens (tertiary/aromatic N) is 6. The number of hydrogen-bond donors (Lipinski definition) is 2. The molecule has 9 nitrogen and oxygen atoms in total. The molecule has 2 fully saturated rings. The van der Waals surface area contributed by atoms with Gasteiger partial charge in [0.2, 0.25) is 5.95 Å². The lowest BCUT2D eigenvalue weighted by molar-refractivity contribution is 0.200. The number of anilines is 4. The van der Waals surface area contributed by atoms with E-state index in [9.17, 15) is 9.18 Å². The molecule has 5 rings (SSSR count). The van der Waals surface area contributed by atoms with Gasteiger partial charge in [-0.05, 0) is 44.0 Å². The number of piperazine rings is 1. The average Bonchev–Trinajstić information content (AvgIpc) is 3.43. The van der Waals surface area contributed by atoms with Crippen LogP contribution in [0.3, 0.4) is 0 Å². The second-order valence-electron chi connectivity index (χ2n) is 8.66. The average molecular weight is 471 g/mol. The number of nitrogens with two attached hydrogens (primary N) is 1. The van der Waals surface area contributed by atoms with Crippen molar-refractivity contribution >= 4 is 50.9 Å². The Morgan fingerprint density at radius 1 is 1.24 bits per heavy atom. The molecular weight excluding hydrogens is 443 g/mol. The van der Waals surface area contributed by atoms with Crippen LogP contribution in [0, 0.1) is 6.92 Å². The molecule has 4 heterocycles. The Labute approximate surface area is 195 Å². The lowest BCUT2D eigenvalue weighted by Gasteiger charge is -2.40. The van der Waals surface area contributed by atoms with Crippen LogP contribution in [0.1, 0.15) is 18.9 Å². The predicted molar refractivity (Wildman–Crippen MR) is 130 cm³/mol. The smallest absolute Gasteiger partial charge is 0.321 e. The normalized spacial score (nSPS) is 21.1. The van der Waals surface area contributed by atoms with Gasteiger partial charge in [-0.25, -0.2) is 19.2 Å². The number of fused-ring (bicyclic) bond motifs is 1. The summed E-state index contributed by atoms with van der Waals surface area (Å²) in [6.45, 7) is 6.89. The van der Waals surface area contributed by atoms with E-state index in [1.54, 1.807) is 5.51 Å². The molecule has 2 atom stereocenters. The molecule has 2 aliphatic heterocycles. The molecule has 3 N–H and O–H groups in total. The minimum atomic E-state index is -0.768. The number of amides is 2. The molecule has 0 spiro atoms. The van der Waals surface area contributed by atoms with Gasteiger partial charge in [0.25, 0.3) is 0 Å². The Balaban J connectivity index is 1.25. The first-order valence-electron chi connectivity index (χ1n) is 11.1. The second kappa shape index (κ2) is 8.62. The van der Waals surface area contributed by atoms with Crippen LogP contribution < -0.4 is 20.9 Å². The first-order chi connectivity index (χ1) is 15.9. The lowest BCUT2D eigenvalue weighted by atomic mass is 10.1. The van der Waals surface area contributed by atoms with Gasteiger partial charge in [0, 0.05) is 50.1 Å². The number of nitrogens with one attached hydrogen (secondary N) is 1. The van der Waals surface area contributed by atoms with Crippen LogP contribution in [0.4, 0.5) is 32.3 Å². The van der Waals surface area contributed by atoms with E-state index >= 15 is 0 Å². The highest BCUT2D eigenvalue weighted by Crippen LogP contribution is 2.30. The van der Waals surface area contributed by atoms with Gasteiger partial charge in [0.1, 0.15) is 11.7 Å². The molecule has 2 saturated heterocycles. The summed E-state index contributed by atoms with van der Waals surface area (Å²) in [5.74, 6) is 0.944. The molecule has 33 heavy (non-hydrogen) atoms. The van der Waals surface area contributed by atoms with Crippen molar-refractivity contribution in [2.24, 2.45) is 0 Å². The van der Waals surface area contributed by atoms with Gasteiger partial charge < -0.3 is 25.8 Å². The molecule has 11 heteroatoms. The number of urea groups is 1. The van der Waals surface area contributed by atoms with E-state index in [0.29, 0.717) is 32.6 Å². The maximum atomic E-state index is 13.5. The highest BCUT2D eigenvalue weighted by Gasteiger charge is 2.30. The van der Waals surface area contributed by atoms with Crippen molar-refractivity contribution in [2.45, 2.75) is 32.5 Å². The van der Waals surface area contributed by atoms with Gasteiger partial charge in [-0.15, -0.1) is 11.3 Å². The second-order valence-corrected chi connectivity index (χ2v) is 9.49. The van der Waals surface area contributed by atoms with Gasteiger partial charge in [0.05, 0.1) is 5.51 Å². The van der Waals surface area contributed by atoms with Crippen molar-refractivity contribution < 1.29 is 9.18 Å². The summed E-state index contributed by atoms with van der Waals surface area (Å²) in [6, 6.07) is 5.75. The number of carbonyl (C=O) groups excluding carboxylic acids is 1. The van der Waals surface area contributed by atoms with Crippen LogP contribution in [-0.2, 0) is 0 Å². The fourth-order valence-corrected chi connectivity index (χ4v) is 5.21. The first kappa shape index (κ1) is 21.6. The Morgan fingerprint density at radius 3 is 2.82 bits per heavy atom. The molecule has 2 amide bonds. The SMILES string of the molecule is Cc1cc(N2CCC(F)C2)ccc1NC(=O)N1CCN(c2nc(N)nc3scnc23)C(C)C1. The standard InChI is InChI=1S/C22H27FN8OS/c1-13-9-16(29-6-5-15(23)11-29)3-4-17(13)26-22(32)30-7-8-31(14(2)10-30)19-18-20(33-12-25-18)28-21(24)27-19/h3-4,9,12,14-15H,5-8,10-11H2,1-2H3,(H,26,32)(H2,24,27,28). The van der Waals surface area contributed by atoms with E-state index in [1.165, 1.54) is 11.3 Å². The van der Waals surface area contributed by atoms with Crippen molar-refractivity contribution in [2.75, 3.05) is 53.6 Å². The number of hydrogen-bond acceptors (Lipinski definition) is 8. The molecule has 0 radical (unpaired) electrons. The number of alkyl halides is 1. The van der Waals surface area contributed by atoms with Gasteiger partial charge in [-0.1, -0.05) is 0 Å². The Kier molecular flexibility index (Phi) is 5.65. The minimum absolute atomic E-state index is 0.0379. The maximum Gasteiger partial charge on any atom is 0.321 e. The van der Waals surface area contributed by atoms with Crippen LogP contribution >= 0.6 is 11.3 Å². The van der Waals surface area contributed by atoms with E-state index in [0.717, 1.165) is 39.6 Å². The third-order valence-electron chi connectivity index (χ3n) is 6.33. The monoisotopic (exact) mass is 470 g/mol. The first-order valence-corrected chi connectivity index (χ1v) is 12.0. The van der Waals surface area contributed by atoms with Gasteiger partial charge in [-0.2, -0.15) is 4.98 Å². The Morgan fingerprint density at radius 2 is 2.09 bits per heavy atom.